The fraction of sp³-hybridized carbons (Fsp3) is 0.0476. The van der Waals surface area contributed by atoms with E-state index in [0.29, 0.717) is 0 Å². The zero-order chi connectivity index (χ0) is 15.9. The SMILES string of the molecule is c1ccc2c(c1)[nH]c1c(C(n3cccc3)n3cccc3)cccc12. The van der Waals surface area contributed by atoms with Gasteiger partial charge in [-0.15, -0.1) is 0 Å². The van der Waals surface area contributed by atoms with E-state index in [-0.39, 0.29) is 6.17 Å². The highest BCUT2D eigenvalue weighted by atomic mass is 15.2. The summed E-state index contributed by atoms with van der Waals surface area (Å²) in [6.45, 7) is 0. The predicted octanol–water partition coefficient (Wildman–Crippen LogP) is 5.02. The summed E-state index contributed by atoms with van der Waals surface area (Å²) >= 11 is 0. The lowest BCUT2D eigenvalue weighted by molar-refractivity contribution is 0.510. The van der Waals surface area contributed by atoms with Crippen molar-refractivity contribution in [2.45, 2.75) is 6.17 Å². The Bertz CT molecular complexity index is 1060. The summed E-state index contributed by atoms with van der Waals surface area (Å²) in [4.78, 5) is 3.62. The van der Waals surface area contributed by atoms with Gasteiger partial charge >= 0.3 is 0 Å². The lowest BCUT2D eigenvalue weighted by atomic mass is 10.1. The standard InChI is InChI=1S/C21H17N3/c1-2-11-19-16(8-1)17-9-7-10-18(20(17)22-19)21(23-12-3-4-13-23)24-14-5-6-15-24/h1-15,21-22H. The largest absolute Gasteiger partial charge is 0.354 e. The van der Waals surface area contributed by atoms with Gasteiger partial charge in [0, 0.05) is 46.6 Å². The summed E-state index contributed by atoms with van der Waals surface area (Å²) < 4.78 is 4.47. The van der Waals surface area contributed by atoms with Gasteiger partial charge in [0.15, 0.2) is 0 Å². The Morgan fingerprint density at radius 1 is 0.625 bits per heavy atom. The fourth-order valence-corrected chi connectivity index (χ4v) is 3.61. The normalized spacial score (nSPS) is 11.7. The monoisotopic (exact) mass is 311 g/mol. The molecule has 116 valence electrons. The van der Waals surface area contributed by atoms with Gasteiger partial charge in [-0.05, 0) is 30.3 Å². The smallest absolute Gasteiger partial charge is 0.137 e. The molecule has 3 heterocycles. The fourth-order valence-electron chi connectivity index (χ4n) is 3.61. The molecule has 3 heteroatoms. The number of aromatic nitrogens is 3. The van der Waals surface area contributed by atoms with Crippen LogP contribution in [0.3, 0.4) is 0 Å². The van der Waals surface area contributed by atoms with Crippen molar-refractivity contribution in [2.24, 2.45) is 0 Å². The maximum Gasteiger partial charge on any atom is 0.137 e. The van der Waals surface area contributed by atoms with Crippen LogP contribution in [0.15, 0.2) is 91.5 Å². The zero-order valence-electron chi connectivity index (χ0n) is 13.1. The number of aromatic amines is 1. The van der Waals surface area contributed by atoms with E-state index in [1.807, 2.05) is 0 Å². The van der Waals surface area contributed by atoms with Gasteiger partial charge in [0.25, 0.3) is 0 Å². The first-order valence-corrected chi connectivity index (χ1v) is 8.16. The minimum absolute atomic E-state index is 0.0896. The van der Waals surface area contributed by atoms with E-state index in [0.717, 1.165) is 0 Å². The third-order valence-electron chi connectivity index (χ3n) is 4.67. The molecular weight excluding hydrogens is 294 g/mol. The Balaban J connectivity index is 1.83. The van der Waals surface area contributed by atoms with E-state index in [2.05, 4.69) is 106 Å². The molecule has 5 rings (SSSR count). The Labute approximate surface area is 139 Å². The number of benzene rings is 2. The van der Waals surface area contributed by atoms with Crippen molar-refractivity contribution in [1.29, 1.82) is 0 Å². The van der Waals surface area contributed by atoms with Crippen molar-refractivity contribution in [2.75, 3.05) is 0 Å². The lowest BCUT2D eigenvalue weighted by Crippen LogP contribution is -2.17. The number of nitrogens with one attached hydrogen (secondary N) is 1. The van der Waals surface area contributed by atoms with E-state index >= 15 is 0 Å². The summed E-state index contributed by atoms with van der Waals surface area (Å²) in [5, 5.41) is 2.54. The molecule has 0 saturated heterocycles. The molecule has 0 aliphatic heterocycles. The maximum absolute atomic E-state index is 3.62. The second kappa shape index (κ2) is 5.17. The summed E-state index contributed by atoms with van der Waals surface area (Å²) in [5.74, 6) is 0. The molecule has 0 bridgehead atoms. The summed E-state index contributed by atoms with van der Waals surface area (Å²) in [6.07, 6.45) is 8.56. The topological polar surface area (TPSA) is 25.6 Å². The maximum atomic E-state index is 3.62. The molecule has 1 N–H and O–H groups in total. The van der Waals surface area contributed by atoms with E-state index in [9.17, 15) is 0 Å². The van der Waals surface area contributed by atoms with E-state index in [1.165, 1.54) is 27.4 Å². The van der Waals surface area contributed by atoms with Crippen LogP contribution in [0.2, 0.25) is 0 Å². The first-order chi connectivity index (χ1) is 11.9. The molecule has 3 aromatic heterocycles. The molecular formula is C21H17N3. The average molecular weight is 311 g/mol. The third-order valence-corrected chi connectivity index (χ3v) is 4.67. The molecule has 0 fully saturated rings. The van der Waals surface area contributed by atoms with Gasteiger partial charge in [0.1, 0.15) is 6.17 Å². The van der Waals surface area contributed by atoms with Crippen LogP contribution in [0, 0.1) is 0 Å². The lowest BCUT2D eigenvalue weighted by Gasteiger charge is -2.22. The summed E-state index contributed by atoms with van der Waals surface area (Å²) in [6, 6.07) is 23.3. The molecule has 0 radical (unpaired) electrons. The van der Waals surface area contributed by atoms with Crippen LogP contribution in [0.4, 0.5) is 0 Å². The molecule has 0 amide bonds. The molecule has 5 aromatic rings. The Kier molecular flexibility index (Phi) is 2.85. The highest BCUT2D eigenvalue weighted by molar-refractivity contribution is 6.08. The van der Waals surface area contributed by atoms with Gasteiger partial charge in [0.2, 0.25) is 0 Å². The molecule has 0 aliphatic rings. The van der Waals surface area contributed by atoms with Crippen LogP contribution in [-0.2, 0) is 0 Å². The first kappa shape index (κ1) is 13.3. The van der Waals surface area contributed by atoms with E-state index < -0.39 is 0 Å². The molecule has 0 atom stereocenters. The van der Waals surface area contributed by atoms with Gasteiger partial charge < -0.3 is 14.1 Å². The third kappa shape index (κ3) is 1.91. The van der Waals surface area contributed by atoms with Crippen molar-refractivity contribution in [3.05, 3.63) is 97.1 Å². The second-order valence-electron chi connectivity index (χ2n) is 6.07. The Morgan fingerprint density at radius 3 is 1.96 bits per heavy atom. The zero-order valence-corrected chi connectivity index (χ0v) is 13.1. The number of fused-ring (bicyclic) bond motifs is 3. The molecule has 0 aliphatic carbocycles. The van der Waals surface area contributed by atoms with Crippen molar-refractivity contribution in [3.63, 3.8) is 0 Å². The highest BCUT2D eigenvalue weighted by Gasteiger charge is 2.18. The summed E-state index contributed by atoms with van der Waals surface area (Å²) in [7, 11) is 0. The number of nitrogens with zero attached hydrogens (tertiary/aromatic N) is 2. The molecule has 24 heavy (non-hydrogen) atoms. The molecule has 0 unspecified atom stereocenters. The number of rotatable bonds is 3. The van der Waals surface area contributed by atoms with Gasteiger partial charge in [-0.25, -0.2) is 0 Å². The number of hydrogen-bond acceptors (Lipinski definition) is 0. The van der Waals surface area contributed by atoms with Gasteiger partial charge in [-0.3, -0.25) is 0 Å². The number of hydrogen-bond donors (Lipinski definition) is 1. The van der Waals surface area contributed by atoms with Gasteiger partial charge in [-0.1, -0.05) is 36.4 Å². The predicted molar refractivity (Wildman–Crippen MR) is 98.2 cm³/mol. The van der Waals surface area contributed by atoms with Crippen LogP contribution in [-0.4, -0.2) is 14.1 Å². The molecule has 0 saturated carbocycles. The number of H-pyrrole nitrogens is 1. The van der Waals surface area contributed by atoms with Gasteiger partial charge in [-0.2, -0.15) is 0 Å². The van der Waals surface area contributed by atoms with Crippen LogP contribution in [0.25, 0.3) is 21.8 Å². The van der Waals surface area contributed by atoms with Crippen LogP contribution >= 0.6 is 0 Å². The average Bonchev–Trinajstić information content (AvgIpc) is 3.37. The highest BCUT2D eigenvalue weighted by Crippen LogP contribution is 2.32. The molecule has 0 spiro atoms. The van der Waals surface area contributed by atoms with E-state index in [1.54, 1.807) is 0 Å². The van der Waals surface area contributed by atoms with Crippen LogP contribution < -0.4 is 0 Å². The Morgan fingerprint density at radius 2 is 1.25 bits per heavy atom. The number of para-hydroxylation sites is 2. The van der Waals surface area contributed by atoms with Crippen molar-refractivity contribution < 1.29 is 0 Å². The van der Waals surface area contributed by atoms with E-state index in [4.69, 9.17) is 0 Å². The van der Waals surface area contributed by atoms with Crippen molar-refractivity contribution in [3.8, 4) is 0 Å². The van der Waals surface area contributed by atoms with Gasteiger partial charge in [0.05, 0.1) is 5.52 Å². The second-order valence-corrected chi connectivity index (χ2v) is 6.07. The van der Waals surface area contributed by atoms with Crippen molar-refractivity contribution >= 4 is 21.8 Å². The van der Waals surface area contributed by atoms with Crippen LogP contribution in [0.1, 0.15) is 11.7 Å². The minimum Gasteiger partial charge on any atom is -0.354 e. The quantitative estimate of drug-likeness (QED) is 0.484. The molecule has 3 nitrogen and oxygen atoms in total. The Hall–Kier alpha value is -3.20. The van der Waals surface area contributed by atoms with Crippen LogP contribution in [0.5, 0.6) is 0 Å². The minimum atomic E-state index is 0.0896. The first-order valence-electron chi connectivity index (χ1n) is 8.16. The van der Waals surface area contributed by atoms with Crippen molar-refractivity contribution in [1.82, 2.24) is 14.1 Å². The molecule has 2 aromatic carbocycles. The summed E-state index contributed by atoms with van der Waals surface area (Å²) in [5.41, 5.74) is 3.64.